The number of aromatic nitrogens is 2. The average molecular weight is 416 g/mol. The zero-order chi connectivity index (χ0) is 19.8. The van der Waals surface area contributed by atoms with Gasteiger partial charge >= 0.3 is 6.18 Å². The van der Waals surface area contributed by atoms with E-state index in [0.29, 0.717) is 15.6 Å². The Bertz CT molecular complexity index is 1000. The van der Waals surface area contributed by atoms with Crippen LogP contribution in [0.2, 0.25) is 10.0 Å². The number of hydrogen-bond acceptors (Lipinski definition) is 2. The first-order valence-corrected chi connectivity index (χ1v) is 8.63. The minimum atomic E-state index is -4.67. The van der Waals surface area contributed by atoms with E-state index < -0.39 is 24.5 Å². The fourth-order valence-electron chi connectivity index (χ4n) is 2.71. The third-order valence-corrected chi connectivity index (χ3v) is 4.77. The Kier molecular flexibility index (Phi) is 5.35. The van der Waals surface area contributed by atoms with Crippen molar-refractivity contribution >= 4 is 40.1 Å². The molecule has 1 aromatic heterocycles. The number of amides is 1. The maximum atomic E-state index is 13.3. The Labute approximate surface area is 163 Å². The Morgan fingerprint density at radius 1 is 1.15 bits per heavy atom. The van der Waals surface area contributed by atoms with Crippen LogP contribution in [0.3, 0.4) is 0 Å². The second-order valence-electron chi connectivity index (χ2n) is 6.01. The van der Waals surface area contributed by atoms with Crippen molar-refractivity contribution in [3.63, 3.8) is 0 Å². The number of carbonyl (C=O) groups excluding carboxylic acids is 1. The number of benzene rings is 2. The highest BCUT2D eigenvalue weighted by molar-refractivity contribution is 6.42. The summed E-state index contributed by atoms with van der Waals surface area (Å²) in [4.78, 5) is 17.5. The number of alkyl halides is 3. The zero-order valence-electron chi connectivity index (χ0n) is 14.1. The summed E-state index contributed by atoms with van der Waals surface area (Å²) in [6, 6.07) is 11.1. The standard InChI is InChI=1S/C18H14Cl2F3N3O/c1-25(9-11-6-7-12(19)13(20)8-11)16(27)10-26-15-5-3-2-4-14(15)24-17(26)18(21,22)23/h2-8H,9-10H2,1H3. The molecule has 3 aromatic rings. The molecule has 0 bridgehead atoms. The normalized spacial score (nSPS) is 11.8. The minimum absolute atomic E-state index is 0.184. The molecule has 0 spiro atoms. The lowest BCUT2D eigenvalue weighted by molar-refractivity contribution is -0.148. The highest BCUT2D eigenvalue weighted by Crippen LogP contribution is 2.31. The van der Waals surface area contributed by atoms with Crippen molar-refractivity contribution in [3.8, 4) is 0 Å². The van der Waals surface area contributed by atoms with Gasteiger partial charge in [0.1, 0.15) is 6.54 Å². The molecule has 0 atom stereocenters. The van der Waals surface area contributed by atoms with Crippen LogP contribution in [0.4, 0.5) is 13.2 Å². The van der Waals surface area contributed by atoms with Gasteiger partial charge in [0, 0.05) is 13.6 Å². The topological polar surface area (TPSA) is 38.1 Å². The fourth-order valence-corrected chi connectivity index (χ4v) is 3.03. The van der Waals surface area contributed by atoms with Crippen LogP contribution in [0.25, 0.3) is 11.0 Å². The summed E-state index contributed by atoms with van der Waals surface area (Å²) in [7, 11) is 1.51. The lowest BCUT2D eigenvalue weighted by atomic mass is 10.2. The number of nitrogens with zero attached hydrogens (tertiary/aromatic N) is 3. The molecule has 0 N–H and O–H groups in total. The molecular weight excluding hydrogens is 402 g/mol. The van der Waals surface area contributed by atoms with E-state index in [0.717, 1.165) is 4.57 Å². The maximum absolute atomic E-state index is 13.3. The molecule has 0 saturated carbocycles. The Hall–Kier alpha value is -2.25. The van der Waals surface area contributed by atoms with Gasteiger partial charge in [-0.2, -0.15) is 13.2 Å². The van der Waals surface area contributed by atoms with Crippen molar-refractivity contribution in [1.82, 2.24) is 14.5 Å². The van der Waals surface area contributed by atoms with Gasteiger partial charge in [0.25, 0.3) is 0 Å². The molecule has 9 heteroatoms. The van der Waals surface area contributed by atoms with E-state index in [1.165, 1.54) is 24.1 Å². The first kappa shape index (κ1) is 19.5. The number of halogens is 5. The van der Waals surface area contributed by atoms with E-state index in [2.05, 4.69) is 4.98 Å². The number of likely N-dealkylation sites (N-methyl/N-ethyl adjacent to an activating group) is 1. The molecule has 27 heavy (non-hydrogen) atoms. The van der Waals surface area contributed by atoms with Crippen molar-refractivity contribution in [3.05, 3.63) is 63.9 Å². The zero-order valence-corrected chi connectivity index (χ0v) is 15.6. The second kappa shape index (κ2) is 7.40. The molecule has 1 heterocycles. The van der Waals surface area contributed by atoms with Crippen molar-refractivity contribution in [2.45, 2.75) is 19.3 Å². The lowest BCUT2D eigenvalue weighted by Crippen LogP contribution is -2.31. The molecule has 0 unspecified atom stereocenters. The molecule has 0 aliphatic heterocycles. The van der Waals surface area contributed by atoms with Gasteiger partial charge in [-0.1, -0.05) is 41.4 Å². The summed E-state index contributed by atoms with van der Waals surface area (Å²) in [5, 5.41) is 0.726. The van der Waals surface area contributed by atoms with Crippen LogP contribution in [0.1, 0.15) is 11.4 Å². The predicted octanol–water partition coefficient (Wildman–Crippen LogP) is 5.02. The van der Waals surface area contributed by atoms with Gasteiger partial charge in [0.15, 0.2) is 0 Å². The molecule has 4 nitrogen and oxygen atoms in total. The van der Waals surface area contributed by atoms with E-state index in [4.69, 9.17) is 23.2 Å². The van der Waals surface area contributed by atoms with Crippen molar-refractivity contribution < 1.29 is 18.0 Å². The molecule has 1 amide bonds. The van der Waals surface area contributed by atoms with Crippen LogP contribution >= 0.6 is 23.2 Å². The largest absolute Gasteiger partial charge is 0.449 e. The summed E-state index contributed by atoms with van der Waals surface area (Å²) < 4.78 is 40.9. The van der Waals surface area contributed by atoms with Crippen LogP contribution in [-0.4, -0.2) is 27.4 Å². The number of imidazole rings is 1. The van der Waals surface area contributed by atoms with E-state index in [1.807, 2.05) is 0 Å². The first-order chi connectivity index (χ1) is 12.7. The molecule has 0 fully saturated rings. The molecular formula is C18H14Cl2F3N3O. The van der Waals surface area contributed by atoms with Gasteiger partial charge in [-0.25, -0.2) is 4.98 Å². The summed E-state index contributed by atoms with van der Waals surface area (Å²) in [5.74, 6) is -1.59. The number of hydrogen-bond donors (Lipinski definition) is 0. The summed E-state index contributed by atoms with van der Waals surface area (Å²) in [6.07, 6.45) is -4.67. The Balaban J connectivity index is 1.85. The Morgan fingerprint density at radius 2 is 1.85 bits per heavy atom. The van der Waals surface area contributed by atoms with E-state index in [-0.39, 0.29) is 17.6 Å². The van der Waals surface area contributed by atoms with Crippen LogP contribution in [0.15, 0.2) is 42.5 Å². The quantitative estimate of drug-likeness (QED) is 0.599. The van der Waals surface area contributed by atoms with Gasteiger partial charge in [0.2, 0.25) is 11.7 Å². The SMILES string of the molecule is CN(Cc1ccc(Cl)c(Cl)c1)C(=O)Cn1c(C(F)(F)F)nc2ccccc21. The predicted molar refractivity (Wildman–Crippen MR) is 97.7 cm³/mol. The number of carbonyl (C=O) groups is 1. The fraction of sp³-hybridized carbons (Fsp3) is 0.222. The van der Waals surface area contributed by atoms with Gasteiger partial charge in [-0.3, -0.25) is 4.79 Å². The van der Waals surface area contributed by atoms with E-state index >= 15 is 0 Å². The van der Waals surface area contributed by atoms with Crippen LogP contribution in [0.5, 0.6) is 0 Å². The molecule has 3 rings (SSSR count). The maximum Gasteiger partial charge on any atom is 0.449 e. The minimum Gasteiger partial charge on any atom is -0.340 e. The van der Waals surface area contributed by atoms with E-state index in [1.54, 1.807) is 30.3 Å². The van der Waals surface area contributed by atoms with Crippen LogP contribution in [-0.2, 0) is 24.1 Å². The summed E-state index contributed by atoms with van der Waals surface area (Å²) in [5.41, 5.74) is 1.15. The highest BCUT2D eigenvalue weighted by Gasteiger charge is 2.38. The van der Waals surface area contributed by atoms with E-state index in [9.17, 15) is 18.0 Å². The van der Waals surface area contributed by atoms with Crippen LogP contribution < -0.4 is 0 Å². The molecule has 2 aromatic carbocycles. The van der Waals surface area contributed by atoms with Gasteiger partial charge in [-0.15, -0.1) is 0 Å². The molecule has 0 saturated heterocycles. The summed E-state index contributed by atoms with van der Waals surface area (Å²) >= 11 is 11.8. The van der Waals surface area contributed by atoms with Crippen LogP contribution in [0, 0.1) is 0 Å². The highest BCUT2D eigenvalue weighted by atomic mass is 35.5. The van der Waals surface area contributed by atoms with Crippen molar-refractivity contribution in [1.29, 1.82) is 0 Å². The van der Waals surface area contributed by atoms with Crippen molar-refractivity contribution in [2.24, 2.45) is 0 Å². The van der Waals surface area contributed by atoms with Crippen molar-refractivity contribution in [2.75, 3.05) is 7.05 Å². The third kappa shape index (κ3) is 4.20. The molecule has 0 radical (unpaired) electrons. The Morgan fingerprint density at radius 3 is 2.52 bits per heavy atom. The number of rotatable bonds is 4. The smallest absolute Gasteiger partial charge is 0.340 e. The molecule has 142 valence electrons. The third-order valence-electron chi connectivity index (χ3n) is 4.03. The molecule has 0 aliphatic carbocycles. The lowest BCUT2D eigenvalue weighted by Gasteiger charge is -2.19. The van der Waals surface area contributed by atoms with Gasteiger partial charge in [-0.05, 0) is 29.8 Å². The first-order valence-electron chi connectivity index (χ1n) is 7.87. The summed E-state index contributed by atoms with van der Waals surface area (Å²) in [6.45, 7) is -0.295. The average Bonchev–Trinajstić information content (AvgIpc) is 2.97. The number of para-hydroxylation sites is 2. The van der Waals surface area contributed by atoms with Gasteiger partial charge < -0.3 is 9.47 Å². The van der Waals surface area contributed by atoms with Gasteiger partial charge in [0.05, 0.1) is 21.1 Å². The molecule has 0 aliphatic rings. The number of fused-ring (bicyclic) bond motifs is 1. The second-order valence-corrected chi connectivity index (χ2v) is 6.82. The monoisotopic (exact) mass is 415 g/mol.